The number of methoxy groups -OCH3 is 1. The van der Waals surface area contributed by atoms with Crippen LogP contribution in [-0.2, 0) is 19.1 Å². The molecular weight excluding hydrogens is 462 g/mol. The highest BCUT2D eigenvalue weighted by Crippen LogP contribution is 2.44. The van der Waals surface area contributed by atoms with Gasteiger partial charge in [0.25, 0.3) is 5.91 Å². The molecule has 0 aliphatic heterocycles. The lowest BCUT2D eigenvalue weighted by Crippen LogP contribution is -2.56. The number of aliphatic carboxylic acids is 1. The Hall–Kier alpha value is -3.53. The molecule has 2 amide bonds. The summed E-state index contributed by atoms with van der Waals surface area (Å²) in [6, 6.07) is 13.9. The molecule has 2 aromatic carbocycles. The lowest BCUT2D eigenvalue weighted by molar-refractivity contribution is -0.171. The van der Waals surface area contributed by atoms with E-state index in [0.29, 0.717) is 12.8 Å². The number of alkyl halides is 2. The fourth-order valence-electron chi connectivity index (χ4n) is 4.42. The van der Waals surface area contributed by atoms with Gasteiger partial charge in [0.05, 0.1) is 6.54 Å². The smallest absolute Gasteiger partial charge is 0.407 e. The molecule has 1 saturated carbocycles. The number of carboxylic acid groups (broad SMARTS) is 1. The van der Waals surface area contributed by atoms with Gasteiger partial charge in [-0.3, -0.25) is 4.79 Å². The summed E-state index contributed by atoms with van der Waals surface area (Å²) in [4.78, 5) is 35.8. The number of halogens is 2. The third-order valence-electron chi connectivity index (χ3n) is 6.42. The minimum Gasteiger partial charge on any atom is -0.477 e. The minimum atomic E-state index is -4.12. The van der Waals surface area contributed by atoms with Crippen molar-refractivity contribution in [3.8, 4) is 11.1 Å². The average Bonchev–Trinajstić information content (AvgIpc) is 3.63. The Balaban J connectivity index is 1.32. The molecule has 0 aromatic heterocycles. The van der Waals surface area contributed by atoms with Crippen molar-refractivity contribution in [1.29, 1.82) is 0 Å². The highest BCUT2D eigenvalue weighted by Gasteiger charge is 2.55. The number of carbonyl (C=O) groups is 3. The summed E-state index contributed by atoms with van der Waals surface area (Å²) in [6.07, 6.45) is -1.31. The number of amides is 2. The number of rotatable bonds is 10. The summed E-state index contributed by atoms with van der Waals surface area (Å²) in [5.74, 6) is -8.13. The number of benzene rings is 2. The van der Waals surface area contributed by atoms with Crippen LogP contribution in [0.15, 0.2) is 48.5 Å². The van der Waals surface area contributed by atoms with Crippen LogP contribution in [-0.4, -0.2) is 61.4 Å². The van der Waals surface area contributed by atoms with Gasteiger partial charge in [0, 0.05) is 13.0 Å². The van der Waals surface area contributed by atoms with Gasteiger partial charge in [-0.15, -0.1) is 0 Å². The number of carboxylic acids is 1. The molecule has 0 spiro atoms. The molecule has 186 valence electrons. The van der Waals surface area contributed by atoms with Crippen LogP contribution in [0, 0.1) is 5.92 Å². The van der Waals surface area contributed by atoms with E-state index in [-0.39, 0.29) is 19.1 Å². The van der Waals surface area contributed by atoms with Gasteiger partial charge >= 0.3 is 18.0 Å². The number of fused-ring (bicyclic) bond motifs is 3. The van der Waals surface area contributed by atoms with Crippen molar-refractivity contribution in [3.05, 3.63) is 59.7 Å². The van der Waals surface area contributed by atoms with Crippen molar-refractivity contribution in [2.75, 3.05) is 20.3 Å². The number of nitrogens with one attached hydrogen (secondary N) is 2. The standard InChI is InChI=1S/C25H26F2N2O6/c1-34-20(22(30)29-21(14-10-11-14)25(26,27)23(31)32)12-28-24(33)35-13-19-17-8-4-2-6-15(17)16-7-3-5-9-18(16)19/h2-9,14,19-21H,10-13H2,1H3,(H,28,33)(H,29,30)(H,31,32). The van der Waals surface area contributed by atoms with Gasteiger partial charge in [0.1, 0.15) is 12.6 Å². The predicted molar refractivity (Wildman–Crippen MR) is 121 cm³/mol. The van der Waals surface area contributed by atoms with Crippen LogP contribution in [0.1, 0.15) is 29.9 Å². The van der Waals surface area contributed by atoms with Crippen molar-refractivity contribution < 1.29 is 37.7 Å². The van der Waals surface area contributed by atoms with E-state index in [2.05, 4.69) is 10.6 Å². The van der Waals surface area contributed by atoms with Gasteiger partial charge in [-0.05, 0) is 41.0 Å². The van der Waals surface area contributed by atoms with Crippen LogP contribution in [0.2, 0.25) is 0 Å². The SMILES string of the molecule is COC(CNC(=O)OCC1c2ccccc2-c2ccccc21)C(=O)NC(C1CC1)C(F)(F)C(=O)O. The molecule has 35 heavy (non-hydrogen) atoms. The summed E-state index contributed by atoms with van der Waals surface area (Å²) in [7, 11) is 1.19. The maximum atomic E-state index is 14.1. The predicted octanol–water partition coefficient (Wildman–Crippen LogP) is 3.15. The van der Waals surface area contributed by atoms with Crippen LogP contribution in [0.3, 0.4) is 0 Å². The summed E-state index contributed by atoms with van der Waals surface area (Å²) in [6.45, 7) is -0.271. The fraction of sp³-hybridized carbons (Fsp3) is 0.400. The molecule has 0 bridgehead atoms. The highest BCUT2D eigenvalue weighted by molar-refractivity contribution is 5.84. The number of carbonyl (C=O) groups excluding carboxylic acids is 2. The lowest BCUT2D eigenvalue weighted by Gasteiger charge is -2.26. The Labute approximate surface area is 200 Å². The van der Waals surface area contributed by atoms with E-state index in [0.717, 1.165) is 22.3 Å². The largest absolute Gasteiger partial charge is 0.477 e. The van der Waals surface area contributed by atoms with Crippen molar-refractivity contribution in [2.24, 2.45) is 5.92 Å². The van der Waals surface area contributed by atoms with Crippen molar-refractivity contribution in [3.63, 3.8) is 0 Å². The number of ether oxygens (including phenoxy) is 2. The normalized spacial score (nSPS) is 16.5. The van der Waals surface area contributed by atoms with Gasteiger partial charge in [0.2, 0.25) is 0 Å². The molecule has 4 rings (SSSR count). The Bertz CT molecular complexity index is 1080. The van der Waals surface area contributed by atoms with E-state index in [4.69, 9.17) is 14.6 Å². The summed E-state index contributed by atoms with van der Waals surface area (Å²) < 4.78 is 38.5. The van der Waals surface area contributed by atoms with Crippen molar-refractivity contribution >= 4 is 18.0 Å². The zero-order valence-corrected chi connectivity index (χ0v) is 19.0. The van der Waals surface area contributed by atoms with E-state index < -0.39 is 42.0 Å². The minimum absolute atomic E-state index is 0.0678. The van der Waals surface area contributed by atoms with Gasteiger partial charge in [-0.25, -0.2) is 9.59 Å². The highest BCUT2D eigenvalue weighted by atomic mass is 19.3. The molecule has 2 atom stereocenters. The topological polar surface area (TPSA) is 114 Å². The molecule has 0 radical (unpaired) electrons. The first-order chi connectivity index (χ1) is 16.7. The van der Waals surface area contributed by atoms with Gasteiger partial charge in [-0.1, -0.05) is 48.5 Å². The summed E-state index contributed by atoms with van der Waals surface area (Å²) >= 11 is 0. The van der Waals surface area contributed by atoms with Crippen LogP contribution >= 0.6 is 0 Å². The third-order valence-corrected chi connectivity index (χ3v) is 6.42. The molecule has 2 aliphatic carbocycles. The van der Waals surface area contributed by atoms with E-state index in [1.807, 2.05) is 48.5 Å². The maximum Gasteiger partial charge on any atom is 0.407 e. The lowest BCUT2D eigenvalue weighted by atomic mass is 9.98. The number of alkyl carbamates (subject to hydrolysis) is 1. The average molecular weight is 488 g/mol. The molecule has 2 aromatic rings. The molecule has 0 saturated heterocycles. The van der Waals surface area contributed by atoms with Gasteiger partial charge < -0.3 is 25.2 Å². The zero-order valence-electron chi connectivity index (χ0n) is 19.0. The second-order valence-corrected chi connectivity index (χ2v) is 8.68. The molecule has 8 nitrogen and oxygen atoms in total. The van der Waals surface area contributed by atoms with E-state index in [1.54, 1.807) is 0 Å². The molecule has 2 aliphatic rings. The summed E-state index contributed by atoms with van der Waals surface area (Å²) in [5, 5.41) is 13.3. The van der Waals surface area contributed by atoms with Gasteiger partial charge in [0.15, 0.2) is 6.10 Å². The Morgan fingerprint density at radius 3 is 2.14 bits per heavy atom. The van der Waals surface area contributed by atoms with Crippen LogP contribution in [0.4, 0.5) is 13.6 Å². The second-order valence-electron chi connectivity index (χ2n) is 8.68. The van der Waals surface area contributed by atoms with E-state index in [9.17, 15) is 23.2 Å². The summed E-state index contributed by atoms with van der Waals surface area (Å²) in [5.41, 5.74) is 4.25. The first-order valence-electron chi connectivity index (χ1n) is 11.3. The molecular formula is C25H26F2N2O6. The monoisotopic (exact) mass is 488 g/mol. The third kappa shape index (κ3) is 5.12. The number of hydrogen-bond donors (Lipinski definition) is 3. The zero-order chi connectivity index (χ0) is 25.2. The Kier molecular flexibility index (Phi) is 7.02. The van der Waals surface area contributed by atoms with Crippen LogP contribution in [0.5, 0.6) is 0 Å². The molecule has 2 unspecified atom stereocenters. The van der Waals surface area contributed by atoms with E-state index in [1.165, 1.54) is 7.11 Å². The van der Waals surface area contributed by atoms with Crippen LogP contribution in [0.25, 0.3) is 11.1 Å². The van der Waals surface area contributed by atoms with Crippen LogP contribution < -0.4 is 10.6 Å². The quantitative estimate of drug-likeness (QED) is 0.474. The fourth-order valence-corrected chi connectivity index (χ4v) is 4.42. The first-order valence-corrected chi connectivity index (χ1v) is 11.3. The Morgan fingerprint density at radius 1 is 1.06 bits per heavy atom. The van der Waals surface area contributed by atoms with Gasteiger partial charge in [-0.2, -0.15) is 8.78 Å². The maximum absolute atomic E-state index is 14.1. The van der Waals surface area contributed by atoms with Crippen molar-refractivity contribution in [1.82, 2.24) is 10.6 Å². The van der Waals surface area contributed by atoms with E-state index >= 15 is 0 Å². The Morgan fingerprint density at radius 2 is 1.63 bits per heavy atom. The molecule has 1 fully saturated rings. The first kappa shape index (κ1) is 24.6. The van der Waals surface area contributed by atoms with Crippen molar-refractivity contribution in [2.45, 2.75) is 36.8 Å². The molecule has 3 N–H and O–H groups in total. The molecule has 10 heteroatoms. The number of hydrogen-bond acceptors (Lipinski definition) is 5. The molecule has 0 heterocycles. The second kappa shape index (κ2) is 9.99.